The Morgan fingerprint density at radius 3 is 2.04 bits per heavy atom. The maximum Gasteiger partial charge on any atom is 0.327 e. The summed E-state index contributed by atoms with van der Waals surface area (Å²) in [4.78, 5) is 22.9. The van der Waals surface area contributed by atoms with Crippen molar-refractivity contribution in [3.8, 4) is 11.1 Å². The molecule has 0 saturated carbocycles. The lowest BCUT2D eigenvalue weighted by Crippen LogP contribution is -2.45. The molecule has 0 fully saturated rings. The lowest BCUT2D eigenvalue weighted by Gasteiger charge is -2.13. The molecular formula is C17H17NO6S. The molecule has 2 rings (SSSR count). The summed E-state index contributed by atoms with van der Waals surface area (Å²) in [6.07, 6.45) is -0.107. The SMILES string of the molecule is O=C(Cc1ccc(-c2ccccc2)cc1)N[C@@H](CS(=O)(=O)O)C(=O)O. The molecule has 8 heteroatoms. The predicted molar refractivity (Wildman–Crippen MR) is 91.6 cm³/mol. The molecule has 0 heterocycles. The van der Waals surface area contributed by atoms with Crippen LogP contribution in [0.3, 0.4) is 0 Å². The number of hydrogen-bond donors (Lipinski definition) is 3. The van der Waals surface area contributed by atoms with Crippen molar-refractivity contribution in [2.45, 2.75) is 12.5 Å². The van der Waals surface area contributed by atoms with E-state index >= 15 is 0 Å². The highest BCUT2D eigenvalue weighted by atomic mass is 32.2. The van der Waals surface area contributed by atoms with Crippen LogP contribution in [-0.4, -0.2) is 41.7 Å². The van der Waals surface area contributed by atoms with Gasteiger partial charge in [0.1, 0.15) is 11.8 Å². The van der Waals surface area contributed by atoms with Gasteiger partial charge in [0.15, 0.2) is 0 Å². The molecule has 0 unspecified atom stereocenters. The highest BCUT2D eigenvalue weighted by Gasteiger charge is 2.25. The fraction of sp³-hybridized carbons (Fsp3) is 0.176. The van der Waals surface area contributed by atoms with E-state index in [1.54, 1.807) is 12.1 Å². The van der Waals surface area contributed by atoms with Crippen molar-refractivity contribution in [1.82, 2.24) is 5.32 Å². The Morgan fingerprint density at radius 2 is 1.52 bits per heavy atom. The Balaban J connectivity index is 2.01. The number of carbonyl (C=O) groups excluding carboxylic acids is 1. The van der Waals surface area contributed by atoms with Crippen LogP contribution in [0.5, 0.6) is 0 Å². The number of carboxylic acids is 1. The summed E-state index contributed by atoms with van der Waals surface area (Å²) in [5, 5.41) is 11.0. The largest absolute Gasteiger partial charge is 0.480 e. The van der Waals surface area contributed by atoms with Crippen molar-refractivity contribution in [3.63, 3.8) is 0 Å². The molecule has 0 radical (unpaired) electrons. The fourth-order valence-corrected chi connectivity index (χ4v) is 2.91. The van der Waals surface area contributed by atoms with Crippen molar-refractivity contribution < 1.29 is 27.7 Å². The van der Waals surface area contributed by atoms with Crippen LogP contribution in [0.1, 0.15) is 5.56 Å². The number of rotatable bonds is 7. The van der Waals surface area contributed by atoms with Crippen molar-refractivity contribution in [2.24, 2.45) is 0 Å². The summed E-state index contributed by atoms with van der Waals surface area (Å²) in [6, 6.07) is 15.1. The average Bonchev–Trinajstić information content (AvgIpc) is 2.54. The molecule has 0 saturated heterocycles. The van der Waals surface area contributed by atoms with Gasteiger partial charge in [0.05, 0.1) is 6.42 Å². The highest BCUT2D eigenvalue weighted by Crippen LogP contribution is 2.19. The van der Waals surface area contributed by atoms with E-state index in [1.165, 1.54) is 0 Å². The third-order valence-electron chi connectivity index (χ3n) is 3.44. The van der Waals surface area contributed by atoms with Gasteiger partial charge in [0.2, 0.25) is 5.91 Å². The van der Waals surface area contributed by atoms with Crippen molar-refractivity contribution in [1.29, 1.82) is 0 Å². The van der Waals surface area contributed by atoms with Gasteiger partial charge in [-0.2, -0.15) is 8.42 Å². The molecule has 0 aliphatic carbocycles. The van der Waals surface area contributed by atoms with Gasteiger partial charge in [-0.15, -0.1) is 0 Å². The van der Waals surface area contributed by atoms with Crippen molar-refractivity contribution in [2.75, 3.05) is 5.75 Å². The van der Waals surface area contributed by atoms with Crippen LogP contribution >= 0.6 is 0 Å². The predicted octanol–water partition coefficient (Wildman–Crippen LogP) is 1.35. The first kappa shape index (κ1) is 18.6. The molecule has 2 aromatic carbocycles. The van der Waals surface area contributed by atoms with E-state index in [4.69, 9.17) is 9.66 Å². The second-order valence-electron chi connectivity index (χ2n) is 5.45. The Kier molecular flexibility index (Phi) is 5.89. The van der Waals surface area contributed by atoms with Gasteiger partial charge in [-0.05, 0) is 16.7 Å². The highest BCUT2D eigenvalue weighted by molar-refractivity contribution is 7.85. The van der Waals surface area contributed by atoms with Gasteiger partial charge in [-0.25, -0.2) is 4.79 Å². The molecule has 7 nitrogen and oxygen atoms in total. The maximum atomic E-state index is 11.9. The molecule has 25 heavy (non-hydrogen) atoms. The Hall–Kier alpha value is -2.71. The number of amides is 1. The molecule has 2 aromatic rings. The summed E-state index contributed by atoms with van der Waals surface area (Å²) in [5.41, 5.74) is 2.64. The first-order valence-corrected chi connectivity index (χ1v) is 8.97. The second-order valence-corrected chi connectivity index (χ2v) is 6.94. The summed E-state index contributed by atoms with van der Waals surface area (Å²) in [7, 11) is -4.52. The van der Waals surface area contributed by atoms with Crippen LogP contribution in [0.2, 0.25) is 0 Å². The van der Waals surface area contributed by atoms with Crippen LogP contribution < -0.4 is 5.32 Å². The zero-order valence-electron chi connectivity index (χ0n) is 13.1. The third-order valence-corrected chi connectivity index (χ3v) is 4.19. The first-order chi connectivity index (χ1) is 11.7. The van der Waals surface area contributed by atoms with Gasteiger partial charge in [0.25, 0.3) is 10.1 Å². The fourth-order valence-electron chi connectivity index (χ4n) is 2.26. The Bertz CT molecular complexity index is 846. The van der Waals surface area contributed by atoms with Gasteiger partial charge in [-0.1, -0.05) is 54.6 Å². The monoisotopic (exact) mass is 363 g/mol. The molecular weight excluding hydrogens is 346 g/mol. The summed E-state index contributed by atoms with van der Waals surface area (Å²) < 4.78 is 30.3. The van der Waals surface area contributed by atoms with E-state index in [1.807, 2.05) is 42.5 Å². The molecule has 0 bridgehead atoms. The van der Waals surface area contributed by atoms with E-state index in [2.05, 4.69) is 5.32 Å². The minimum Gasteiger partial charge on any atom is -0.480 e. The molecule has 3 N–H and O–H groups in total. The zero-order valence-corrected chi connectivity index (χ0v) is 13.9. The minimum absolute atomic E-state index is 0.107. The summed E-state index contributed by atoms with van der Waals surface area (Å²) >= 11 is 0. The van der Waals surface area contributed by atoms with E-state index in [-0.39, 0.29) is 6.42 Å². The van der Waals surface area contributed by atoms with E-state index in [0.29, 0.717) is 5.56 Å². The zero-order chi connectivity index (χ0) is 18.4. The first-order valence-electron chi connectivity index (χ1n) is 7.36. The maximum absolute atomic E-state index is 11.9. The number of benzene rings is 2. The molecule has 0 aliphatic rings. The Labute approximate surface area is 145 Å². The van der Waals surface area contributed by atoms with Gasteiger partial charge < -0.3 is 10.4 Å². The quantitative estimate of drug-likeness (QED) is 0.639. The van der Waals surface area contributed by atoms with Crippen LogP contribution in [0, 0.1) is 0 Å². The molecule has 1 atom stereocenters. The topological polar surface area (TPSA) is 121 Å². The summed E-state index contributed by atoms with van der Waals surface area (Å²) in [5.74, 6) is -3.27. The van der Waals surface area contributed by atoms with Gasteiger partial charge >= 0.3 is 5.97 Å². The van der Waals surface area contributed by atoms with Crippen LogP contribution in [0.15, 0.2) is 54.6 Å². The molecule has 0 aromatic heterocycles. The summed E-state index contributed by atoms with van der Waals surface area (Å²) in [6.45, 7) is 0. The Morgan fingerprint density at radius 1 is 0.960 bits per heavy atom. The van der Waals surface area contributed by atoms with E-state index in [9.17, 15) is 18.0 Å². The normalized spacial score (nSPS) is 12.4. The minimum atomic E-state index is -4.52. The standard InChI is InChI=1S/C17H17NO6S/c19-16(18-15(17(20)21)11-25(22,23)24)10-12-6-8-14(9-7-12)13-4-2-1-3-5-13/h1-9,15H,10-11H2,(H,18,19)(H,20,21)(H,22,23,24)/t15-/m0/s1. The number of nitrogens with one attached hydrogen (secondary N) is 1. The number of carboxylic acid groups (broad SMARTS) is 1. The van der Waals surface area contributed by atoms with E-state index in [0.717, 1.165) is 11.1 Å². The molecule has 132 valence electrons. The lowest BCUT2D eigenvalue weighted by atomic mass is 10.0. The van der Waals surface area contributed by atoms with Gasteiger partial charge in [0, 0.05) is 0 Å². The third kappa shape index (κ3) is 6.02. The van der Waals surface area contributed by atoms with Crippen LogP contribution in [0.25, 0.3) is 11.1 Å². The van der Waals surface area contributed by atoms with Crippen molar-refractivity contribution >= 4 is 22.0 Å². The molecule has 0 spiro atoms. The average molecular weight is 363 g/mol. The smallest absolute Gasteiger partial charge is 0.327 e. The van der Waals surface area contributed by atoms with Crippen molar-refractivity contribution in [3.05, 3.63) is 60.2 Å². The van der Waals surface area contributed by atoms with E-state index < -0.39 is 33.8 Å². The number of aliphatic carboxylic acids is 1. The van der Waals surface area contributed by atoms with Crippen LogP contribution in [0.4, 0.5) is 0 Å². The van der Waals surface area contributed by atoms with Crippen LogP contribution in [-0.2, 0) is 26.1 Å². The molecule has 1 amide bonds. The van der Waals surface area contributed by atoms with Gasteiger partial charge in [-0.3, -0.25) is 9.35 Å². The number of hydrogen-bond acceptors (Lipinski definition) is 4. The molecule has 0 aliphatic heterocycles. The second kappa shape index (κ2) is 7.91. The lowest BCUT2D eigenvalue weighted by molar-refractivity contribution is -0.141. The number of carbonyl (C=O) groups is 2.